The maximum absolute atomic E-state index is 5.95. The number of piperidine rings is 1. The Bertz CT molecular complexity index is 436. The molecule has 21 heavy (non-hydrogen) atoms. The van der Waals surface area contributed by atoms with Gasteiger partial charge in [-0.15, -0.1) is 0 Å². The van der Waals surface area contributed by atoms with Crippen molar-refractivity contribution in [2.75, 3.05) is 13.1 Å². The van der Waals surface area contributed by atoms with E-state index in [4.69, 9.17) is 4.42 Å². The molecule has 1 N–H and O–H groups in total. The van der Waals surface area contributed by atoms with Crippen molar-refractivity contribution < 1.29 is 4.42 Å². The Morgan fingerprint density at radius 1 is 1.10 bits per heavy atom. The van der Waals surface area contributed by atoms with Crippen molar-refractivity contribution in [2.45, 2.75) is 71.5 Å². The normalized spacial score (nSPS) is 22.4. The van der Waals surface area contributed by atoms with Gasteiger partial charge in [-0.3, -0.25) is 4.90 Å². The first-order valence-corrected chi connectivity index (χ1v) is 8.69. The van der Waals surface area contributed by atoms with Gasteiger partial charge in [0.25, 0.3) is 0 Å². The van der Waals surface area contributed by atoms with Crippen LogP contribution < -0.4 is 5.32 Å². The molecule has 0 bridgehead atoms. The molecule has 1 spiro atoms. The lowest BCUT2D eigenvalue weighted by molar-refractivity contribution is 0.0978. The molecule has 0 atom stereocenters. The van der Waals surface area contributed by atoms with E-state index in [-0.39, 0.29) is 0 Å². The van der Waals surface area contributed by atoms with Gasteiger partial charge in [-0.05, 0) is 56.3 Å². The lowest BCUT2D eigenvalue weighted by Gasteiger charge is -2.39. The number of furan rings is 1. The summed E-state index contributed by atoms with van der Waals surface area (Å²) < 4.78 is 5.95. The van der Waals surface area contributed by atoms with Crippen LogP contribution in [0.25, 0.3) is 0 Å². The van der Waals surface area contributed by atoms with Gasteiger partial charge in [-0.2, -0.15) is 0 Å². The van der Waals surface area contributed by atoms with Gasteiger partial charge in [0.15, 0.2) is 0 Å². The minimum atomic E-state index is 0.503. The van der Waals surface area contributed by atoms with Crippen LogP contribution in [0.2, 0.25) is 0 Å². The van der Waals surface area contributed by atoms with Crippen LogP contribution in [0.5, 0.6) is 0 Å². The van der Waals surface area contributed by atoms with Gasteiger partial charge in [0.1, 0.15) is 11.5 Å². The smallest absolute Gasteiger partial charge is 0.118 e. The predicted molar refractivity (Wildman–Crippen MR) is 86.1 cm³/mol. The van der Waals surface area contributed by atoms with Crippen molar-refractivity contribution in [1.82, 2.24) is 10.2 Å². The van der Waals surface area contributed by atoms with E-state index < -0.39 is 0 Å². The zero-order valence-electron chi connectivity index (χ0n) is 13.7. The van der Waals surface area contributed by atoms with Crippen LogP contribution >= 0.6 is 0 Å². The lowest BCUT2D eigenvalue weighted by Crippen LogP contribution is -2.38. The minimum Gasteiger partial charge on any atom is -0.463 e. The fraction of sp³-hybridized carbons (Fsp3) is 0.778. The first-order chi connectivity index (χ1) is 10.2. The Labute approximate surface area is 129 Å². The Hall–Kier alpha value is -0.800. The molecule has 2 fully saturated rings. The summed E-state index contributed by atoms with van der Waals surface area (Å²) in [4.78, 5) is 2.57. The molecule has 3 rings (SSSR count). The third kappa shape index (κ3) is 3.89. The van der Waals surface area contributed by atoms with E-state index >= 15 is 0 Å². The Morgan fingerprint density at radius 3 is 2.43 bits per heavy atom. The monoisotopic (exact) mass is 290 g/mol. The number of hydrogen-bond donors (Lipinski definition) is 1. The molecule has 1 saturated heterocycles. The predicted octanol–water partition coefficient (Wildman–Crippen LogP) is 3.93. The SMILES string of the molecule is CC(C)NCc1ccc(CN2CCC3(CCCC3)CC2)o1. The molecule has 3 heteroatoms. The summed E-state index contributed by atoms with van der Waals surface area (Å²) in [5.74, 6) is 2.18. The first kappa shape index (κ1) is 15.1. The number of nitrogens with zero attached hydrogens (tertiary/aromatic N) is 1. The van der Waals surface area contributed by atoms with Gasteiger partial charge in [0.05, 0.1) is 13.1 Å². The summed E-state index contributed by atoms with van der Waals surface area (Å²) in [6.07, 6.45) is 8.68. The zero-order chi connectivity index (χ0) is 14.7. The highest BCUT2D eigenvalue weighted by atomic mass is 16.3. The fourth-order valence-electron chi connectivity index (χ4n) is 3.94. The maximum atomic E-state index is 5.95. The van der Waals surface area contributed by atoms with Crippen LogP contribution in [-0.4, -0.2) is 24.0 Å². The highest BCUT2D eigenvalue weighted by Gasteiger charge is 2.36. The lowest BCUT2D eigenvalue weighted by atomic mass is 9.77. The fourth-order valence-corrected chi connectivity index (χ4v) is 3.94. The summed E-state index contributed by atoms with van der Waals surface area (Å²) in [7, 11) is 0. The number of rotatable bonds is 5. The van der Waals surface area contributed by atoms with Crippen molar-refractivity contribution in [3.05, 3.63) is 23.7 Å². The van der Waals surface area contributed by atoms with Crippen molar-refractivity contribution in [2.24, 2.45) is 5.41 Å². The van der Waals surface area contributed by atoms with Crippen LogP contribution in [0.1, 0.15) is 63.9 Å². The summed E-state index contributed by atoms with van der Waals surface area (Å²) in [6, 6.07) is 4.77. The van der Waals surface area contributed by atoms with Gasteiger partial charge in [-0.1, -0.05) is 26.7 Å². The van der Waals surface area contributed by atoms with Gasteiger partial charge >= 0.3 is 0 Å². The number of hydrogen-bond acceptors (Lipinski definition) is 3. The number of nitrogens with one attached hydrogen (secondary N) is 1. The molecule has 2 heterocycles. The highest BCUT2D eigenvalue weighted by molar-refractivity contribution is 5.07. The van der Waals surface area contributed by atoms with Crippen LogP contribution in [-0.2, 0) is 13.1 Å². The van der Waals surface area contributed by atoms with E-state index in [1.807, 2.05) is 0 Å². The average Bonchev–Trinajstić information content (AvgIpc) is 3.09. The van der Waals surface area contributed by atoms with E-state index in [0.29, 0.717) is 11.5 Å². The second kappa shape index (κ2) is 6.53. The first-order valence-electron chi connectivity index (χ1n) is 8.69. The van der Waals surface area contributed by atoms with E-state index in [9.17, 15) is 0 Å². The molecule has 0 radical (unpaired) electrons. The summed E-state index contributed by atoms with van der Waals surface area (Å²) in [5, 5.41) is 3.40. The van der Waals surface area contributed by atoms with Gasteiger partial charge in [0, 0.05) is 6.04 Å². The van der Waals surface area contributed by atoms with Crippen molar-refractivity contribution in [3.8, 4) is 0 Å². The largest absolute Gasteiger partial charge is 0.463 e. The van der Waals surface area contributed by atoms with Crippen molar-refractivity contribution >= 4 is 0 Å². The van der Waals surface area contributed by atoms with Crippen LogP contribution in [0.15, 0.2) is 16.5 Å². The molecule has 1 saturated carbocycles. The van der Waals surface area contributed by atoms with Gasteiger partial charge < -0.3 is 9.73 Å². The standard InChI is InChI=1S/C18H30N2O/c1-15(2)19-13-16-5-6-17(21-16)14-20-11-9-18(10-12-20)7-3-4-8-18/h5-6,15,19H,3-4,7-14H2,1-2H3. The van der Waals surface area contributed by atoms with Gasteiger partial charge in [-0.25, -0.2) is 0 Å². The minimum absolute atomic E-state index is 0.503. The molecule has 0 aromatic carbocycles. The molecule has 1 aliphatic carbocycles. The molecule has 0 unspecified atom stereocenters. The topological polar surface area (TPSA) is 28.4 Å². The Kier molecular flexibility index (Phi) is 4.70. The van der Waals surface area contributed by atoms with Crippen molar-refractivity contribution in [3.63, 3.8) is 0 Å². The highest BCUT2D eigenvalue weighted by Crippen LogP contribution is 2.46. The van der Waals surface area contributed by atoms with Crippen molar-refractivity contribution in [1.29, 1.82) is 0 Å². The van der Waals surface area contributed by atoms with Crippen LogP contribution in [0, 0.1) is 5.41 Å². The molecule has 1 aromatic heterocycles. The summed E-state index contributed by atoms with van der Waals surface area (Å²) >= 11 is 0. The Morgan fingerprint density at radius 2 is 1.76 bits per heavy atom. The molecule has 1 aromatic rings. The molecule has 3 nitrogen and oxygen atoms in total. The summed E-state index contributed by atoms with van der Waals surface area (Å²) in [6.45, 7) is 8.64. The van der Waals surface area contributed by atoms with E-state index in [2.05, 4.69) is 36.2 Å². The third-order valence-corrected chi connectivity index (χ3v) is 5.36. The van der Waals surface area contributed by atoms with Gasteiger partial charge in [0.2, 0.25) is 0 Å². The molecule has 2 aliphatic rings. The van der Waals surface area contributed by atoms with E-state index in [1.165, 1.54) is 51.6 Å². The second-order valence-corrected chi connectivity index (χ2v) is 7.39. The quantitative estimate of drug-likeness (QED) is 0.890. The second-order valence-electron chi connectivity index (χ2n) is 7.39. The molecular weight excluding hydrogens is 260 g/mol. The average molecular weight is 290 g/mol. The third-order valence-electron chi connectivity index (χ3n) is 5.36. The number of likely N-dealkylation sites (tertiary alicyclic amines) is 1. The molecular formula is C18H30N2O. The zero-order valence-corrected chi connectivity index (χ0v) is 13.7. The molecule has 118 valence electrons. The molecule has 0 amide bonds. The summed E-state index contributed by atoms with van der Waals surface area (Å²) in [5.41, 5.74) is 0.714. The maximum Gasteiger partial charge on any atom is 0.118 e. The van der Waals surface area contributed by atoms with E-state index in [0.717, 1.165) is 24.6 Å². The molecule has 1 aliphatic heterocycles. The van der Waals surface area contributed by atoms with E-state index in [1.54, 1.807) is 0 Å². The Balaban J connectivity index is 1.47. The van der Waals surface area contributed by atoms with Crippen LogP contribution in [0.3, 0.4) is 0 Å². The van der Waals surface area contributed by atoms with Crippen LogP contribution in [0.4, 0.5) is 0 Å².